The fraction of sp³-hybridized carbons (Fsp3) is 0.571. The summed E-state index contributed by atoms with van der Waals surface area (Å²) in [7, 11) is -8.46. The van der Waals surface area contributed by atoms with Gasteiger partial charge in [0.15, 0.2) is 8.24 Å². The Hall–Kier alpha value is -0.173. The van der Waals surface area contributed by atoms with Gasteiger partial charge < -0.3 is 9.05 Å². The third-order valence-corrected chi connectivity index (χ3v) is 11.2. The van der Waals surface area contributed by atoms with Crippen LogP contribution in [0.2, 0.25) is 24.7 Å². The molecule has 1 unspecified atom stereocenters. The molecule has 0 heterocycles. The number of nitrogens with zero attached hydrogens (tertiary/aromatic N) is 1. The summed E-state index contributed by atoms with van der Waals surface area (Å²) in [5.74, 6) is 0. The molecule has 0 bridgehead atoms. The predicted octanol–water partition coefficient (Wildman–Crippen LogP) is 5.23. The van der Waals surface area contributed by atoms with Crippen molar-refractivity contribution in [1.29, 1.82) is 0 Å². The SMILES string of the molecule is CCOP(=O)(CS(=O)(=N[Si](C)(C)C)c1ccc(Cl)cc1)OCC. The fourth-order valence-electron chi connectivity index (χ4n) is 1.97. The van der Waals surface area contributed by atoms with E-state index in [9.17, 15) is 8.77 Å². The zero-order valence-corrected chi connectivity index (χ0v) is 17.7. The molecule has 0 saturated carbocycles. The summed E-state index contributed by atoms with van der Waals surface area (Å²) in [6, 6.07) is 6.64. The van der Waals surface area contributed by atoms with Crippen LogP contribution in [0.15, 0.2) is 33.2 Å². The topological polar surface area (TPSA) is 65.0 Å². The lowest BCUT2D eigenvalue weighted by atomic mass is 10.4. The van der Waals surface area contributed by atoms with Crippen LogP contribution in [-0.4, -0.2) is 31.2 Å². The molecule has 0 N–H and O–H groups in total. The highest BCUT2D eigenvalue weighted by atomic mass is 35.5. The van der Waals surface area contributed by atoms with Gasteiger partial charge in [-0.2, -0.15) is 0 Å². The molecule has 5 nitrogen and oxygen atoms in total. The van der Waals surface area contributed by atoms with Gasteiger partial charge in [0.25, 0.3) is 0 Å². The van der Waals surface area contributed by atoms with E-state index in [0.717, 1.165) is 0 Å². The zero-order valence-electron chi connectivity index (χ0n) is 14.2. The van der Waals surface area contributed by atoms with Crippen LogP contribution in [0.25, 0.3) is 0 Å². The quantitative estimate of drug-likeness (QED) is 0.445. The van der Waals surface area contributed by atoms with Gasteiger partial charge in [-0.3, -0.25) is 8.59 Å². The van der Waals surface area contributed by atoms with Crippen LogP contribution in [0.1, 0.15) is 13.8 Å². The third kappa shape index (κ3) is 6.68. The van der Waals surface area contributed by atoms with Crippen LogP contribution in [0.5, 0.6) is 0 Å². The maximum Gasteiger partial charge on any atom is 0.344 e. The van der Waals surface area contributed by atoms with E-state index in [4.69, 9.17) is 20.6 Å². The van der Waals surface area contributed by atoms with Gasteiger partial charge in [-0.05, 0) is 57.8 Å². The number of rotatable bonds is 8. The molecule has 0 amide bonds. The minimum absolute atomic E-state index is 0.223. The fourth-order valence-corrected chi connectivity index (χ4v) is 11.1. The highest BCUT2D eigenvalue weighted by Gasteiger charge is 2.32. The van der Waals surface area contributed by atoms with Crippen LogP contribution < -0.4 is 0 Å². The van der Waals surface area contributed by atoms with Gasteiger partial charge in [0.1, 0.15) is 5.49 Å². The molecule has 1 rings (SSSR count). The van der Waals surface area contributed by atoms with E-state index in [1.807, 2.05) is 19.6 Å². The average molecular weight is 398 g/mol. The third-order valence-electron chi connectivity index (χ3n) is 2.59. The van der Waals surface area contributed by atoms with E-state index in [-0.39, 0.29) is 18.7 Å². The Labute approximate surface area is 145 Å². The Kier molecular flexibility index (Phi) is 7.51. The lowest BCUT2D eigenvalue weighted by molar-refractivity contribution is 0.224. The van der Waals surface area contributed by atoms with Gasteiger partial charge in [0, 0.05) is 9.92 Å². The summed E-state index contributed by atoms with van der Waals surface area (Å²) >= 11 is 5.91. The summed E-state index contributed by atoms with van der Waals surface area (Å²) in [4.78, 5) is 0.504. The first kappa shape index (κ1) is 20.9. The highest BCUT2D eigenvalue weighted by Crippen LogP contribution is 2.50. The Balaban J connectivity index is 3.42. The molecule has 23 heavy (non-hydrogen) atoms. The first-order valence-electron chi connectivity index (χ1n) is 7.43. The minimum atomic E-state index is -3.48. The smallest absolute Gasteiger partial charge is 0.308 e. The second-order valence-corrected chi connectivity index (χ2v) is 16.0. The molecule has 0 aliphatic carbocycles. The monoisotopic (exact) mass is 397 g/mol. The second-order valence-electron chi connectivity index (χ2n) is 5.93. The molecule has 0 saturated heterocycles. The van der Waals surface area contributed by atoms with E-state index >= 15 is 0 Å². The lowest BCUT2D eigenvalue weighted by Gasteiger charge is -2.22. The molecule has 0 aliphatic rings. The standard InChI is InChI=1S/C14H25ClNO4PSSi/c1-6-19-21(17,20-7-2)12-22(18,16-23(3,4)5)14-10-8-13(15)9-11-14/h8-11H,6-7,12H2,1-5H3. The Morgan fingerprint density at radius 1 is 1.13 bits per heavy atom. The molecule has 0 aromatic heterocycles. The first-order chi connectivity index (χ1) is 10.5. The summed E-state index contributed by atoms with van der Waals surface area (Å²) in [6.45, 7) is 9.84. The Bertz CT molecular complexity index is 671. The maximum atomic E-state index is 13.6. The molecule has 1 aromatic rings. The highest BCUT2D eigenvalue weighted by molar-refractivity contribution is 8.00. The normalized spacial score (nSPS) is 15.2. The number of halogens is 1. The van der Waals surface area contributed by atoms with E-state index < -0.39 is 25.6 Å². The van der Waals surface area contributed by atoms with Gasteiger partial charge in [-0.25, -0.2) is 4.21 Å². The van der Waals surface area contributed by atoms with Crippen molar-refractivity contribution in [2.24, 2.45) is 4.03 Å². The molecule has 1 aromatic carbocycles. The largest absolute Gasteiger partial charge is 0.344 e. The van der Waals surface area contributed by atoms with Crippen LogP contribution >= 0.6 is 19.2 Å². The van der Waals surface area contributed by atoms with Crippen molar-refractivity contribution in [1.82, 2.24) is 0 Å². The van der Waals surface area contributed by atoms with Crippen molar-refractivity contribution in [2.45, 2.75) is 38.4 Å². The van der Waals surface area contributed by atoms with Crippen LogP contribution in [0, 0.1) is 0 Å². The van der Waals surface area contributed by atoms with Crippen molar-refractivity contribution in [3.63, 3.8) is 0 Å². The van der Waals surface area contributed by atoms with Gasteiger partial charge >= 0.3 is 7.60 Å². The van der Waals surface area contributed by atoms with E-state index in [2.05, 4.69) is 4.03 Å². The van der Waals surface area contributed by atoms with Crippen LogP contribution in [0.3, 0.4) is 0 Å². The molecule has 0 aliphatic heterocycles. The van der Waals surface area contributed by atoms with E-state index in [1.54, 1.807) is 38.1 Å². The lowest BCUT2D eigenvalue weighted by Crippen LogP contribution is -2.22. The van der Waals surface area contributed by atoms with Crippen molar-refractivity contribution in [3.05, 3.63) is 29.3 Å². The number of hydrogen-bond donors (Lipinski definition) is 0. The zero-order chi connectivity index (χ0) is 17.7. The van der Waals surface area contributed by atoms with Crippen molar-refractivity contribution in [3.8, 4) is 0 Å². The average Bonchev–Trinajstić information content (AvgIpc) is 2.36. The van der Waals surface area contributed by atoms with Crippen molar-refractivity contribution >= 4 is 37.2 Å². The number of benzene rings is 1. The summed E-state index contributed by atoms with van der Waals surface area (Å²) in [6.07, 6.45) is 0. The molecular weight excluding hydrogens is 373 g/mol. The minimum Gasteiger partial charge on any atom is -0.308 e. The van der Waals surface area contributed by atoms with Gasteiger partial charge in [0.2, 0.25) is 0 Å². The summed E-state index contributed by atoms with van der Waals surface area (Å²) in [5, 5.41) is 0.543. The molecular formula is C14H25ClNO4PSSi. The maximum absolute atomic E-state index is 13.6. The van der Waals surface area contributed by atoms with E-state index in [1.165, 1.54) is 0 Å². The van der Waals surface area contributed by atoms with Crippen LogP contribution in [0.4, 0.5) is 0 Å². The molecule has 132 valence electrons. The predicted molar refractivity (Wildman–Crippen MR) is 99.4 cm³/mol. The molecule has 0 radical (unpaired) electrons. The number of hydrogen-bond acceptors (Lipinski definition) is 5. The van der Waals surface area contributed by atoms with Crippen molar-refractivity contribution in [2.75, 3.05) is 18.7 Å². The Morgan fingerprint density at radius 3 is 2.00 bits per heavy atom. The molecule has 0 spiro atoms. The van der Waals surface area contributed by atoms with Crippen LogP contribution in [-0.2, 0) is 23.3 Å². The molecule has 1 atom stereocenters. The summed E-state index contributed by atoms with van der Waals surface area (Å²) < 4.78 is 41.6. The van der Waals surface area contributed by atoms with Gasteiger partial charge in [0.05, 0.1) is 22.9 Å². The molecule has 0 fully saturated rings. The first-order valence-corrected chi connectivity index (χ1v) is 14.7. The summed E-state index contributed by atoms with van der Waals surface area (Å²) in [5.41, 5.74) is -0.242. The van der Waals surface area contributed by atoms with Gasteiger partial charge in [-0.1, -0.05) is 11.6 Å². The van der Waals surface area contributed by atoms with Crippen molar-refractivity contribution < 1.29 is 17.8 Å². The molecule has 9 heteroatoms. The van der Waals surface area contributed by atoms with Gasteiger partial charge in [-0.15, -0.1) is 0 Å². The van der Waals surface area contributed by atoms with E-state index in [0.29, 0.717) is 9.92 Å². The Morgan fingerprint density at radius 2 is 1.61 bits per heavy atom. The second kappa shape index (κ2) is 8.27.